The Hall–Kier alpha value is -2.53. The van der Waals surface area contributed by atoms with Crippen molar-refractivity contribution in [3.8, 4) is 11.5 Å². The number of imide groups is 1. The van der Waals surface area contributed by atoms with E-state index in [-0.39, 0.29) is 11.7 Å². The van der Waals surface area contributed by atoms with Crippen LogP contribution in [0.2, 0.25) is 0 Å². The molecule has 2 aromatic carbocycles. The van der Waals surface area contributed by atoms with E-state index in [1.54, 1.807) is 24.4 Å². The number of rotatable bonds is 9. The monoisotopic (exact) mass is 566 g/mol. The molecular weight excluding hydrogens is 543 g/mol. The normalized spacial score (nSPS) is 14.0. The number of halogens is 1. The minimum atomic E-state index is -0.452. The molecule has 3 rings (SSSR count). The van der Waals surface area contributed by atoms with Gasteiger partial charge in [-0.15, -0.1) is 0 Å². The molecular formula is C23H23IN2O5S. The van der Waals surface area contributed by atoms with Gasteiger partial charge in [0, 0.05) is 27.4 Å². The lowest BCUT2D eigenvalue weighted by Crippen LogP contribution is -2.37. The van der Waals surface area contributed by atoms with E-state index in [1.165, 1.54) is 11.8 Å². The molecule has 168 valence electrons. The Labute approximate surface area is 204 Å². The Kier molecular flexibility index (Phi) is 8.57. The largest absolute Gasteiger partial charge is 0.490 e. The maximum absolute atomic E-state index is 12.4. The van der Waals surface area contributed by atoms with Crippen LogP contribution in [0.3, 0.4) is 0 Å². The molecule has 0 unspecified atom stereocenters. The molecule has 0 spiro atoms. The predicted octanol–water partition coefficient (Wildman–Crippen LogP) is 3.75. The number of hydrogen-bond donors (Lipinski definition) is 2. The number of carbonyl (C=O) groups excluding carboxylic acids is 3. The van der Waals surface area contributed by atoms with E-state index in [0.717, 1.165) is 15.6 Å². The van der Waals surface area contributed by atoms with Crippen molar-refractivity contribution in [1.29, 1.82) is 0 Å². The SMILES string of the molecule is CCCOc1ccc(CN/C=C2\C(=O)NC(=O)c3ccc(I)cc32)cc1OC(=O)CSC. The summed E-state index contributed by atoms with van der Waals surface area (Å²) in [6, 6.07) is 10.7. The Morgan fingerprint density at radius 2 is 1.94 bits per heavy atom. The van der Waals surface area contributed by atoms with Crippen LogP contribution in [0.4, 0.5) is 0 Å². The minimum absolute atomic E-state index is 0.244. The zero-order valence-corrected chi connectivity index (χ0v) is 20.7. The molecule has 0 saturated heterocycles. The Morgan fingerprint density at radius 1 is 1.12 bits per heavy atom. The Morgan fingerprint density at radius 3 is 2.69 bits per heavy atom. The van der Waals surface area contributed by atoms with Gasteiger partial charge in [0.05, 0.1) is 17.9 Å². The summed E-state index contributed by atoms with van der Waals surface area (Å²) in [5.41, 5.74) is 2.27. The highest BCUT2D eigenvalue weighted by atomic mass is 127. The molecule has 0 saturated carbocycles. The maximum Gasteiger partial charge on any atom is 0.321 e. The van der Waals surface area contributed by atoms with Crippen LogP contribution >= 0.6 is 34.4 Å². The minimum Gasteiger partial charge on any atom is -0.490 e. The van der Waals surface area contributed by atoms with Crippen molar-refractivity contribution in [3.63, 3.8) is 0 Å². The molecule has 0 aliphatic carbocycles. The summed E-state index contributed by atoms with van der Waals surface area (Å²) in [6.07, 6.45) is 4.26. The first-order chi connectivity index (χ1) is 15.4. The smallest absolute Gasteiger partial charge is 0.321 e. The van der Waals surface area contributed by atoms with E-state index in [4.69, 9.17) is 9.47 Å². The number of nitrogens with one attached hydrogen (secondary N) is 2. The average Bonchev–Trinajstić information content (AvgIpc) is 2.75. The Bertz CT molecular complexity index is 1070. The third-order valence-corrected chi connectivity index (χ3v) is 5.69. The molecule has 1 heterocycles. The van der Waals surface area contributed by atoms with Gasteiger partial charge in [-0.05, 0) is 71.2 Å². The van der Waals surface area contributed by atoms with Crippen molar-refractivity contribution >= 4 is 57.7 Å². The molecule has 0 bridgehead atoms. The van der Waals surface area contributed by atoms with Crippen LogP contribution in [0.1, 0.15) is 34.8 Å². The summed E-state index contributed by atoms with van der Waals surface area (Å²) in [6.45, 7) is 2.90. The molecule has 2 N–H and O–H groups in total. The van der Waals surface area contributed by atoms with Crippen LogP contribution < -0.4 is 20.1 Å². The van der Waals surface area contributed by atoms with E-state index in [0.29, 0.717) is 41.4 Å². The first kappa shape index (κ1) is 24.1. The van der Waals surface area contributed by atoms with Crippen molar-refractivity contribution < 1.29 is 23.9 Å². The number of hydrogen-bond acceptors (Lipinski definition) is 7. The van der Waals surface area contributed by atoms with Gasteiger partial charge in [-0.1, -0.05) is 13.0 Å². The van der Waals surface area contributed by atoms with Gasteiger partial charge in [-0.3, -0.25) is 19.7 Å². The topological polar surface area (TPSA) is 93.7 Å². The van der Waals surface area contributed by atoms with Crippen molar-refractivity contribution in [3.05, 3.63) is 62.9 Å². The van der Waals surface area contributed by atoms with Crippen molar-refractivity contribution in [2.45, 2.75) is 19.9 Å². The quantitative estimate of drug-likeness (QED) is 0.157. The molecule has 2 aromatic rings. The van der Waals surface area contributed by atoms with Crippen molar-refractivity contribution in [2.75, 3.05) is 18.6 Å². The third kappa shape index (κ3) is 6.04. The fourth-order valence-corrected chi connectivity index (χ4v) is 3.84. The Balaban J connectivity index is 1.79. The standard InChI is InChI=1S/C23H23IN2O5S/c1-3-8-30-19-7-4-14(9-20(19)31-21(27)13-32-2)11-25-12-18-17-10-15(24)5-6-16(17)22(28)26-23(18)29/h4-7,9-10,12,25H,3,8,11,13H2,1-2H3,(H,26,28,29)/b18-12-. The van der Waals surface area contributed by atoms with Gasteiger partial charge >= 0.3 is 5.97 Å². The zero-order chi connectivity index (χ0) is 23.1. The van der Waals surface area contributed by atoms with Gasteiger partial charge in [0.15, 0.2) is 11.5 Å². The summed E-state index contributed by atoms with van der Waals surface area (Å²) in [4.78, 5) is 36.5. The lowest BCUT2D eigenvalue weighted by Gasteiger charge is -2.18. The first-order valence-electron chi connectivity index (χ1n) is 9.97. The van der Waals surface area contributed by atoms with Crippen molar-refractivity contribution in [1.82, 2.24) is 10.6 Å². The van der Waals surface area contributed by atoms with Gasteiger partial charge in [0.25, 0.3) is 11.8 Å². The predicted molar refractivity (Wildman–Crippen MR) is 133 cm³/mol. The fourth-order valence-electron chi connectivity index (χ4n) is 3.06. The third-order valence-electron chi connectivity index (χ3n) is 4.50. The second kappa shape index (κ2) is 11.4. The summed E-state index contributed by atoms with van der Waals surface area (Å²) in [5.74, 6) is -0.0819. The van der Waals surface area contributed by atoms with Gasteiger partial charge < -0.3 is 14.8 Å². The first-order valence-corrected chi connectivity index (χ1v) is 12.4. The van der Waals surface area contributed by atoms with Gasteiger partial charge in [0.1, 0.15) is 0 Å². The molecule has 7 nitrogen and oxygen atoms in total. The summed E-state index contributed by atoms with van der Waals surface area (Å²) in [5, 5.41) is 5.48. The van der Waals surface area contributed by atoms with E-state index in [2.05, 4.69) is 33.2 Å². The van der Waals surface area contributed by atoms with Crippen LogP contribution in [-0.2, 0) is 16.1 Å². The second-order valence-electron chi connectivity index (χ2n) is 6.95. The molecule has 2 amide bonds. The van der Waals surface area contributed by atoms with Crippen LogP contribution in [0, 0.1) is 3.57 Å². The van der Waals surface area contributed by atoms with E-state index >= 15 is 0 Å². The molecule has 0 fully saturated rings. The van der Waals surface area contributed by atoms with E-state index in [1.807, 2.05) is 31.4 Å². The summed E-state index contributed by atoms with van der Waals surface area (Å²) < 4.78 is 12.1. The van der Waals surface area contributed by atoms with E-state index in [9.17, 15) is 14.4 Å². The van der Waals surface area contributed by atoms with Crippen LogP contribution in [0.25, 0.3) is 5.57 Å². The van der Waals surface area contributed by atoms with Gasteiger partial charge in [-0.25, -0.2) is 0 Å². The number of ether oxygens (including phenoxy) is 2. The molecule has 1 aliphatic heterocycles. The molecule has 32 heavy (non-hydrogen) atoms. The zero-order valence-electron chi connectivity index (χ0n) is 17.7. The molecule has 1 aliphatic rings. The number of esters is 1. The molecule has 0 aromatic heterocycles. The molecule has 0 radical (unpaired) electrons. The lowest BCUT2D eigenvalue weighted by atomic mass is 9.95. The van der Waals surface area contributed by atoms with E-state index < -0.39 is 11.8 Å². The van der Waals surface area contributed by atoms with Crippen molar-refractivity contribution in [2.24, 2.45) is 0 Å². The number of carbonyl (C=O) groups is 3. The number of benzene rings is 2. The second-order valence-corrected chi connectivity index (χ2v) is 9.06. The summed E-state index contributed by atoms with van der Waals surface area (Å²) in [7, 11) is 0. The van der Waals surface area contributed by atoms with Crippen LogP contribution in [0.5, 0.6) is 11.5 Å². The van der Waals surface area contributed by atoms with Crippen LogP contribution in [-0.4, -0.2) is 36.4 Å². The lowest BCUT2D eigenvalue weighted by molar-refractivity contribution is -0.131. The molecule has 0 atom stereocenters. The van der Waals surface area contributed by atoms with Gasteiger partial charge in [0.2, 0.25) is 0 Å². The van der Waals surface area contributed by atoms with Crippen LogP contribution in [0.15, 0.2) is 42.6 Å². The fraction of sp³-hybridized carbons (Fsp3) is 0.261. The maximum atomic E-state index is 12.4. The highest BCUT2D eigenvalue weighted by Gasteiger charge is 2.27. The summed E-state index contributed by atoms with van der Waals surface area (Å²) >= 11 is 3.53. The number of fused-ring (bicyclic) bond motifs is 1. The highest BCUT2D eigenvalue weighted by Crippen LogP contribution is 2.29. The average molecular weight is 566 g/mol. The number of amides is 2. The number of thioether (sulfide) groups is 1. The van der Waals surface area contributed by atoms with Gasteiger partial charge in [-0.2, -0.15) is 11.8 Å². The molecule has 9 heteroatoms. The highest BCUT2D eigenvalue weighted by molar-refractivity contribution is 14.1.